The predicted molar refractivity (Wildman–Crippen MR) is 108 cm³/mol. The molecule has 0 aliphatic carbocycles. The Bertz CT molecular complexity index is 1100. The number of pyridine rings is 1. The molecule has 0 bridgehead atoms. The fraction of sp³-hybridized carbons (Fsp3) is 0.238. The number of fused-ring (bicyclic) bond motifs is 1. The molecule has 0 saturated carbocycles. The summed E-state index contributed by atoms with van der Waals surface area (Å²) in [6.45, 7) is 5.52. The van der Waals surface area contributed by atoms with Crippen molar-refractivity contribution in [2.75, 3.05) is 11.1 Å². The molecule has 0 unspecified atom stereocenters. The molecule has 140 valence electrons. The van der Waals surface area contributed by atoms with Crippen LogP contribution in [0.15, 0.2) is 53.4 Å². The van der Waals surface area contributed by atoms with Crippen molar-refractivity contribution >= 4 is 32.3 Å². The van der Waals surface area contributed by atoms with Gasteiger partial charge in [-0.1, -0.05) is 25.1 Å². The lowest BCUT2D eigenvalue weighted by Gasteiger charge is -2.13. The Morgan fingerprint density at radius 3 is 2.37 bits per heavy atom. The van der Waals surface area contributed by atoms with Crippen LogP contribution in [0.2, 0.25) is 0 Å². The molecule has 0 radical (unpaired) electrons. The average molecular weight is 382 g/mol. The van der Waals surface area contributed by atoms with Gasteiger partial charge in [0.05, 0.1) is 22.6 Å². The molecular weight excluding hydrogens is 360 g/mol. The van der Waals surface area contributed by atoms with Crippen molar-refractivity contribution in [3.63, 3.8) is 0 Å². The summed E-state index contributed by atoms with van der Waals surface area (Å²) in [6.07, 6.45) is 0.213. The molecule has 6 heteroatoms. The Kier molecular flexibility index (Phi) is 5.28. The van der Waals surface area contributed by atoms with E-state index < -0.39 is 9.84 Å². The molecule has 2 aromatic carbocycles. The Balaban J connectivity index is 1.79. The molecule has 0 atom stereocenters. The van der Waals surface area contributed by atoms with Crippen molar-refractivity contribution in [1.29, 1.82) is 0 Å². The smallest absolute Gasteiger partial charge is 0.228 e. The van der Waals surface area contributed by atoms with Crippen molar-refractivity contribution < 1.29 is 13.2 Å². The Labute approximate surface area is 159 Å². The quantitative estimate of drug-likeness (QED) is 0.728. The minimum atomic E-state index is -3.24. The SMILES string of the molecule is CCS(=O)(=O)c1ccc(NC(=O)Cc2c(C)nc3ccccc3c2C)cc1. The van der Waals surface area contributed by atoms with E-state index in [9.17, 15) is 13.2 Å². The molecule has 1 heterocycles. The largest absolute Gasteiger partial charge is 0.326 e. The molecule has 3 rings (SSSR count). The predicted octanol–water partition coefficient (Wildman–Crippen LogP) is 3.83. The van der Waals surface area contributed by atoms with Crippen molar-refractivity contribution in [1.82, 2.24) is 4.98 Å². The van der Waals surface area contributed by atoms with Gasteiger partial charge in [0.1, 0.15) is 0 Å². The molecule has 1 aromatic heterocycles. The summed E-state index contributed by atoms with van der Waals surface area (Å²) in [5.41, 5.74) is 4.29. The molecule has 27 heavy (non-hydrogen) atoms. The van der Waals surface area contributed by atoms with E-state index in [-0.39, 0.29) is 23.0 Å². The van der Waals surface area contributed by atoms with Gasteiger partial charge in [0, 0.05) is 16.8 Å². The highest BCUT2D eigenvalue weighted by molar-refractivity contribution is 7.91. The normalized spacial score (nSPS) is 11.5. The number of nitrogens with zero attached hydrogens (tertiary/aromatic N) is 1. The van der Waals surface area contributed by atoms with Crippen LogP contribution < -0.4 is 5.32 Å². The second-order valence-electron chi connectivity index (χ2n) is 6.47. The lowest BCUT2D eigenvalue weighted by Crippen LogP contribution is -2.16. The molecule has 1 N–H and O–H groups in total. The number of nitrogens with one attached hydrogen (secondary N) is 1. The molecule has 5 nitrogen and oxygen atoms in total. The summed E-state index contributed by atoms with van der Waals surface area (Å²) in [5, 5.41) is 3.87. The first-order chi connectivity index (χ1) is 12.8. The zero-order valence-electron chi connectivity index (χ0n) is 15.6. The first-order valence-corrected chi connectivity index (χ1v) is 10.4. The van der Waals surface area contributed by atoms with Gasteiger partial charge in [-0.25, -0.2) is 8.42 Å². The van der Waals surface area contributed by atoms with Crippen LogP contribution in [0.4, 0.5) is 5.69 Å². The number of aromatic nitrogens is 1. The summed E-state index contributed by atoms with van der Waals surface area (Å²) in [4.78, 5) is 17.4. The van der Waals surface area contributed by atoms with E-state index in [1.807, 2.05) is 38.1 Å². The van der Waals surface area contributed by atoms with Crippen LogP contribution in [-0.4, -0.2) is 25.1 Å². The number of aryl methyl sites for hydroxylation is 2. The zero-order valence-corrected chi connectivity index (χ0v) is 16.4. The summed E-state index contributed by atoms with van der Waals surface area (Å²) in [5.74, 6) is -0.115. The maximum absolute atomic E-state index is 12.5. The van der Waals surface area contributed by atoms with Crippen molar-refractivity contribution in [3.8, 4) is 0 Å². The number of sulfone groups is 1. The number of hydrogen-bond acceptors (Lipinski definition) is 4. The summed E-state index contributed by atoms with van der Waals surface area (Å²) in [6, 6.07) is 14.1. The monoisotopic (exact) mass is 382 g/mol. The summed E-state index contributed by atoms with van der Waals surface area (Å²) < 4.78 is 23.7. The third kappa shape index (κ3) is 4.01. The molecular formula is C21H22N2O3S. The van der Waals surface area contributed by atoms with E-state index >= 15 is 0 Å². The number of para-hydroxylation sites is 1. The third-order valence-electron chi connectivity index (χ3n) is 4.70. The molecule has 0 aliphatic rings. The highest BCUT2D eigenvalue weighted by Gasteiger charge is 2.14. The lowest BCUT2D eigenvalue weighted by molar-refractivity contribution is -0.115. The number of carbonyl (C=O) groups excluding carboxylic acids is 1. The van der Waals surface area contributed by atoms with E-state index in [4.69, 9.17) is 0 Å². The molecule has 0 saturated heterocycles. The number of benzene rings is 2. The minimum Gasteiger partial charge on any atom is -0.326 e. The number of hydrogen-bond donors (Lipinski definition) is 1. The second-order valence-corrected chi connectivity index (χ2v) is 8.75. The number of carbonyl (C=O) groups is 1. The molecule has 0 aliphatic heterocycles. The van der Waals surface area contributed by atoms with E-state index in [1.165, 1.54) is 12.1 Å². The fourth-order valence-electron chi connectivity index (χ4n) is 3.11. The van der Waals surface area contributed by atoms with Gasteiger partial charge in [0.25, 0.3) is 0 Å². The summed E-state index contributed by atoms with van der Waals surface area (Å²) in [7, 11) is -3.24. The zero-order chi connectivity index (χ0) is 19.6. The lowest BCUT2D eigenvalue weighted by atomic mass is 9.99. The number of anilines is 1. The Morgan fingerprint density at radius 1 is 1.04 bits per heavy atom. The summed E-state index contributed by atoms with van der Waals surface area (Å²) >= 11 is 0. The van der Waals surface area contributed by atoms with E-state index in [2.05, 4.69) is 10.3 Å². The van der Waals surface area contributed by atoms with Gasteiger partial charge in [0.15, 0.2) is 9.84 Å². The third-order valence-corrected chi connectivity index (χ3v) is 6.45. The minimum absolute atomic E-state index is 0.0478. The second kappa shape index (κ2) is 7.48. The highest BCUT2D eigenvalue weighted by atomic mass is 32.2. The van der Waals surface area contributed by atoms with Crippen molar-refractivity contribution in [2.45, 2.75) is 32.1 Å². The molecule has 1 amide bonds. The van der Waals surface area contributed by atoms with Gasteiger partial charge < -0.3 is 5.32 Å². The molecule has 0 fully saturated rings. The van der Waals surface area contributed by atoms with Gasteiger partial charge in [-0.2, -0.15) is 0 Å². The van der Waals surface area contributed by atoms with Crippen LogP contribution in [0.25, 0.3) is 10.9 Å². The van der Waals surface area contributed by atoms with Crippen LogP contribution in [-0.2, 0) is 21.1 Å². The Hall–Kier alpha value is -2.73. The van der Waals surface area contributed by atoms with Crippen LogP contribution in [0.3, 0.4) is 0 Å². The van der Waals surface area contributed by atoms with Crippen LogP contribution in [0, 0.1) is 13.8 Å². The molecule has 3 aromatic rings. The van der Waals surface area contributed by atoms with Crippen LogP contribution in [0.5, 0.6) is 0 Å². The van der Waals surface area contributed by atoms with Crippen molar-refractivity contribution in [3.05, 3.63) is 65.4 Å². The topological polar surface area (TPSA) is 76.1 Å². The van der Waals surface area contributed by atoms with Crippen LogP contribution >= 0.6 is 0 Å². The Morgan fingerprint density at radius 2 is 1.70 bits per heavy atom. The number of amides is 1. The van der Waals surface area contributed by atoms with Gasteiger partial charge in [-0.05, 0) is 55.3 Å². The maximum Gasteiger partial charge on any atom is 0.228 e. The number of rotatable bonds is 5. The standard InChI is InChI=1S/C21H22N2O3S/c1-4-27(25,26)17-11-9-16(10-12-17)23-21(24)13-19-14(2)18-7-5-6-8-20(18)22-15(19)3/h5-12H,4,13H2,1-3H3,(H,23,24). The van der Waals surface area contributed by atoms with Crippen LogP contribution in [0.1, 0.15) is 23.7 Å². The highest BCUT2D eigenvalue weighted by Crippen LogP contribution is 2.23. The van der Waals surface area contributed by atoms with Crippen molar-refractivity contribution in [2.24, 2.45) is 0 Å². The van der Waals surface area contributed by atoms with Gasteiger partial charge in [0.2, 0.25) is 5.91 Å². The van der Waals surface area contributed by atoms with E-state index in [1.54, 1.807) is 19.1 Å². The van der Waals surface area contributed by atoms with E-state index in [0.717, 1.165) is 27.7 Å². The van der Waals surface area contributed by atoms with E-state index in [0.29, 0.717) is 5.69 Å². The average Bonchev–Trinajstić information content (AvgIpc) is 2.65. The molecule has 0 spiro atoms. The maximum atomic E-state index is 12.5. The first-order valence-electron chi connectivity index (χ1n) is 8.79. The van der Waals surface area contributed by atoms with Gasteiger partial charge >= 0.3 is 0 Å². The fourth-order valence-corrected chi connectivity index (χ4v) is 3.99. The van der Waals surface area contributed by atoms with Gasteiger partial charge in [-0.3, -0.25) is 9.78 Å². The first kappa shape index (κ1) is 19.0. The van der Waals surface area contributed by atoms with Gasteiger partial charge in [-0.15, -0.1) is 0 Å².